The standard InChI is InChI=1S/C20H30N2O3/c1-24-17-7-6-16(12-18(17)25-2)20(9-4-3-5-10-20)14-22-19(23)15-8-11-21-13-15/h6-7,12,15,21H,3-5,8-11,13-14H2,1-2H3,(H,22,23). The number of hydrogen-bond donors (Lipinski definition) is 2. The molecule has 1 aromatic rings. The molecule has 3 rings (SSSR count). The van der Waals surface area contributed by atoms with Crippen LogP contribution in [-0.4, -0.2) is 39.8 Å². The Balaban J connectivity index is 1.79. The second kappa shape index (κ2) is 8.09. The summed E-state index contributed by atoms with van der Waals surface area (Å²) in [7, 11) is 3.33. The Kier molecular flexibility index (Phi) is 5.84. The lowest BCUT2D eigenvalue weighted by atomic mass is 9.69. The van der Waals surface area contributed by atoms with Crippen LogP contribution >= 0.6 is 0 Å². The third kappa shape index (κ3) is 3.92. The molecule has 2 aliphatic rings. The van der Waals surface area contributed by atoms with Crippen molar-refractivity contribution in [3.05, 3.63) is 23.8 Å². The highest BCUT2D eigenvalue weighted by molar-refractivity contribution is 5.79. The molecule has 1 saturated heterocycles. The van der Waals surface area contributed by atoms with E-state index in [0.29, 0.717) is 6.54 Å². The molecular weight excluding hydrogens is 316 g/mol. The van der Waals surface area contributed by atoms with Crippen LogP contribution in [0.2, 0.25) is 0 Å². The second-order valence-electron chi connectivity index (χ2n) is 7.32. The maximum Gasteiger partial charge on any atom is 0.224 e. The maximum atomic E-state index is 12.5. The van der Waals surface area contributed by atoms with Crippen molar-refractivity contribution in [3.8, 4) is 11.5 Å². The smallest absolute Gasteiger partial charge is 0.224 e. The summed E-state index contributed by atoms with van der Waals surface area (Å²) < 4.78 is 10.9. The van der Waals surface area contributed by atoms with Gasteiger partial charge in [-0.3, -0.25) is 4.79 Å². The Labute approximate surface area is 150 Å². The summed E-state index contributed by atoms with van der Waals surface area (Å²) in [6.07, 6.45) is 6.83. The quantitative estimate of drug-likeness (QED) is 0.831. The summed E-state index contributed by atoms with van der Waals surface area (Å²) in [5, 5.41) is 6.52. The minimum Gasteiger partial charge on any atom is -0.493 e. The van der Waals surface area contributed by atoms with Gasteiger partial charge in [0.1, 0.15) is 0 Å². The molecule has 0 aromatic heterocycles. The highest BCUT2D eigenvalue weighted by atomic mass is 16.5. The third-order valence-corrected chi connectivity index (χ3v) is 5.84. The molecule has 0 spiro atoms. The maximum absolute atomic E-state index is 12.5. The normalized spacial score (nSPS) is 22.4. The monoisotopic (exact) mass is 346 g/mol. The van der Waals surface area contributed by atoms with E-state index < -0.39 is 0 Å². The number of hydrogen-bond acceptors (Lipinski definition) is 4. The van der Waals surface area contributed by atoms with Crippen LogP contribution in [-0.2, 0) is 10.2 Å². The largest absolute Gasteiger partial charge is 0.493 e. The van der Waals surface area contributed by atoms with Crippen LogP contribution in [0.3, 0.4) is 0 Å². The summed E-state index contributed by atoms with van der Waals surface area (Å²) >= 11 is 0. The summed E-state index contributed by atoms with van der Waals surface area (Å²) in [6, 6.07) is 6.20. The predicted octanol–water partition coefficient (Wildman–Crippen LogP) is 2.63. The van der Waals surface area contributed by atoms with Crippen molar-refractivity contribution >= 4 is 5.91 Å². The van der Waals surface area contributed by atoms with Crippen molar-refractivity contribution < 1.29 is 14.3 Å². The number of nitrogens with one attached hydrogen (secondary N) is 2. The molecule has 1 heterocycles. The van der Waals surface area contributed by atoms with Gasteiger partial charge in [-0.1, -0.05) is 25.3 Å². The van der Waals surface area contributed by atoms with Crippen molar-refractivity contribution in [1.29, 1.82) is 0 Å². The lowest BCUT2D eigenvalue weighted by Crippen LogP contribution is -2.44. The minimum atomic E-state index is -0.000502. The van der Waals surface area contributed by atoms with Gasteiger partial charge < -0.3 is 20.1 Å². The van der Waals surface area contributed by atoms with E-state index in [9.17, 15) is 4.79 Å². The van der Waals surface area contributed by atoms with Gasteiger partial charge in [0.05, 0.1) is 20.1 Å². The Hall–Kier alpha value is -1.75. The molecule has 1 unspecified atom stereocenters. The molecule has 138 valence electrons. The summed E-state index contributed by atoms with van der Waals surface area (Å²) in [4.78, 5) is 12.5. The van der Waals surface area contributed by atoms with Gasteiger partial charge in [-0.2, -0.15) is 0 Å². The molecule has 1 aliphatic carbocycles. The zero-order chi connectivity index (χ0) is 17.7. The second-order valence-corrected chi connectivity index (χ2v) is 7.32. The number of ether oxygens (including phenoxy) is 2. The van der Waals surface area contributed by atoms with Gasteiger partial charge in [0.15, 0.2) is 11.5 Å². The molecule has 5 nitrogen and oxygen atoms in total. The van der Waals surface area contributed by atoms with Gasteiger partial charge in [-0.15, -0.1) is 0 Å². The van der Waals surface area contributed by atoms with Crippen molar-refractivity contribution in [2.45, 2.75) is 43.9 Å². The molecule has 0 bridgehead atoms. The number of carbonyl (C=O) groups is 1. The van der Waals surface area contributed by atoms with E-state index in [2.05, 4.69) is 22.8 Å². The van der Waals surface area contributed by atoms with Crippen LogP contribution in [0.25, 0.3) is 0 Å². The lowest BCUT2D eigenvalue weighted by molar-refractivity contribution is -0.124. The SMILES string of the molecule is COc1ccc(C2(CNC(=O)C3CCNC3)CCCCC2)cc1OC. The molecule has 25 heavy (non-hydrogen) atoms. The van der Waals surface area contributed by atoms with E-state index in [1.54, 1.807) is 14.2 Å². The molecular formula is C20H30N2O3. The van der Waals surface area contributed by atoms with Crippen LogP contribution in [0, 0.1) is 5.92 Å². The minimum absolute atomic E-state index is 0.000502. The fourth-order valence-electron chi connectivity index (χ4n) is 4.24. The molecule has 2 fully saturated rings. The first-order valence-electron chi connectivity index (χ1n) is 9.39. The molecule has 5 heteroatoms. The zero-order valence-corrected chi connectivity index (χ0v) is 15.4. The Morgan fingerprint density at radius 1 is 1.20 bits per heavy atom. The average molecular weight is 346 g/mol. The molecule has 1 aliphatic heterocycles. The first kappa shape index (κ1) is 18.1. The number of carbonyl (C=O) groups excluding carboxylic acids is 1. The van der Waals surface area contributed by atoms with Gasteiger partial charge in [0, 0.05) is 18.5 Å². The molecule has 1 aromatic carbocycles. The van der Waals surface area contributed by atoms with E-state index in [1.165, 1.54) is 24.8 Å². The Bertz CT molecular complexity index is 591. The van der Waals surface area contributed by atoms with E-state index in [-0.39, 0.29) is 17.2 Å². The number of amides is 1. The number of methoxy groups -OCH3 is 2. The van der Waals surface area contributed by atoms with Crippen LogP contribution in [0.1, 0.15) is 44.1 Å². The highest BCUT2D eigenvalue weighted by Crippen LogP contribution is 2.42. The number of rotatable bonds is 6. The van der Waals surface area contributed by atoms with E-state index >= 15 is 0 Å². The molecule has 0 radical (unpaired) electrons. The van der Waals surface area contributed by atoms with Crippen LogP contribution in [0.5, 0.6) is 11.5 Å². The highest BCUT2D eigenvalue weighted by Gasteiger charge is 2.35. The van der Waals surface area contributed by atoms with E-state index in [1.807, 2.05) is 6.07 Å². The van der Waals surface area contributed by atoms with Gasteiger partial charge in [-0.05, 0) is 43.5 Å². The fourth-order valence-corrected chi connectivity index (χ4v) is 4.24. The van der Waals surface area contributed by atoms with E-state index in [4.69, 9.17) is 9.47 Å². The summed E-state index contributed by atoms with van der Waals surface area (Å²) in [6.45, 7) is 2.45. The molecule has 1 amide bonds. The van der Waals surface area contributed by atoms with Crippen LogP contribution in [0.15, 0.2) is 18.2 Å². The van der Waals surface area contributed by atoms with Gasteiger partial charge >= 0.3 is 0 Å². The first-order chi connectivity index (χ1) is 12.2. The van der Waals surface area contributed by atoms with Crippen molar-refractivity contribution in [1.82, 2.24) is 10.6 Å². The van der Waals surface area contributed by atoms with Crippen molar-refractivity contribution in [2.24, 2.45) is 5.92 Å². The fraction of sp³-hybridized carbons (Fsp3) is 0.650. The third-order valence-electron chi connectivity index (χ3n) is 5.84. The summed E-state index contributed by atoms with van der Waals surface area (Å²) in [5.41, 5.74) is 1.24. The zero-order valence-electron chi connectivity index (χ0n) is 15.4. The molecule has 2 N–H and O–H groups in total. The average Bonchev–Trinajstić information content (AvgIpc) is 3.21. The van der Waals surface area contributed by atoms with Crippen molar-refractivity contribution in [2.75, 3.05) is 33.9 Å². The topological polar surface area (TPSA) is 59.6 Å². The molecule has 1 saturated carbocycles. The first-order valence-corrected chi connectivity index (χ1v) is 9.39. The molecule has 1 atom stereocenters. The lowest BCUT2D eigenvalue weighted by Gasteiger charge is -2.38. The van der Waals surface area contributed by atoms with Crippen LogP contribution < -0.4 is 20.1 Å². The number of benzene rings is 1. The van der Waals surface area contributed by atoms with Crippen LogP contribution in [0.4, 0.5) is 0 Å². The van der Waals surface area contributed by atoms with E-state index in [0.717, 1.165) is 43.9 Å². The van der Waals surface area contributed by atoms with Crippen molar-refractivity contribution in [3.63, 3.8) is 0 Å². The van der Waals surface area contributed by atoms with Gasteiger partial charge in [-0.25, -0.2) is 0 Å². The Morgan fingerprint density at radius 3 is 2.60 bits per heavy atom. The predicted molar refractivity (Wildman–Crippen MR) is 98.3 cm³/mol. The van der Waals surface area contributed by atoms with Gasteiger partial charge in [0.2, 0.25) is 5.91 Å². The summed E-state index contributed by atoms with van der Waals surface area (Å²) in [5.74, 6) is 1.82. The Morgan fingerprint density at radius 2 is 1.96 bits per heavy atom. The van der Waals surface area contributed by atoms with Gasteiger partial charge in [0.25, 0.3) is 0 Å².